The molecule has 0 unspecified atom stereocenters. The van der Waals surface area contributed by atoms with Crippen LogP contribution in [0.25, 0.3) is 10.2 Å². The Balaban J connectivity index is 1.50. The topological polar surface area (TPSA) is 51.2 Å². The predicted molar refractivity (Wildman–Crippen MR) is 135 cm³/mol. The fraction of sp³-hybridized carbons (Fsp3) is 0.440. The second-order valence-electron chi connectivity index (χ2n) is 9.85. The molecule has 0 spiro atoms. The molecule has 31 heavy (non-hydrogen) atoms. The molecule has 2 aromatic carbocycles. The van der Waals surface area contributed by atoms with Crippen molar-refractivity contribution >= 4 is 48.5 Å². The molecule has 0 aliphatic carbocycles. The number of fused-ring (bicyclic) bond motifs is 1. The van der Waals surface area contributed by atoms with Crippen molar-refractivity contribution in [3.63, 3.8) is 0 Å². The number of carbonyl (C=O) groups excluding carboxylic acids is 1. The van der Waals surface area contributed by atoms with E-state index in [-0.39, 0.29) is 16.7 Å². The van der Waals surface area contributed by atoms with Gasteiger partial charge >= 0.3 is 0 Å². The van der Waals surface area contributed by atoms with Crippen LogP contribution in [-0.4, -0.2) is 17.5 Å². The van der Waals surface area contributed by atoms with Crippen molar-refractivity contribution in [1.82, 2.24) is 4.98 Å². The highest BCUT2D eigenvalue weighted by molar-refractivity contribution is 9.10. The lowest BCUT2D eigenvalue weighted by molar-refractivity contribution is -0.116. The summed E-state index contributed by atoms with van der Waals surface area (Å²) in [6, 6.07) is 12.5. The van der Waals surface area contributed by atoms with Crippen LogP contribution in [0, 0.1) is 0 Å². The predicted octanol–water partition coefficient (Wildman–Crippen LogP) is 7.45. The molecule has 0 aliphatic rings. The van der Waals surface area contributed by atoms with Crippen LogP contribution in [0.15, 0.2) is 40.9 Å². The van der Waals surface area contributed by atoms with Crippen molar-refractivity contribution in [2.75, 3.05) is 11.9 Å². The number of halogens is 1. The van der Waals surface area contributed by atoms with Crippen molar-refractivity contribution in [1.29, 1.82) is 0 Å². The molecule has 1 heterocycles. The van der Waals surface area contributed by atoms with E-state index in [0.717, 1.165) is 20.4 Å². The molecule has 1 amide bonds. The number of carbonyl (C=O) groups is 1. The van der Waals surface area contributed by atoms with Gasteiger partial charge in [0.05, 0.1) is 21.3 Å². The summed E-state index contributed by atoms with van der Waals surface area (Å²) in [4.78, 5) is 16.9. The molecule has 0 saturated heterocycles. The molecule has 0 bridgehead atoms. The number of nitrogens with one attached hydrogen (secondary N) is 1. The van der Waals surface area contributed by atoms with Gasteiger partial charge in [0.2, 0.25) is 5.91 Å². The lowest BCUT2D eigenvalue weighted by Gasteiger charge is -2.20. The first kappa shape index (κ1) is 23.7. The van der Waals surface area contributed by atoms with E-state index in [9.17, 15) is 4.79 Å². The molecular formula is C25H31BrN2O2S. The largest absolute Gasteiger partial charge is 0.492 e. The normalized spacial score (nSPS) is 12.2. The zero-order valence-corrected chi connectivity index (χ0v) is 21.5. The fourth-order valence-corrected chi connectivity index (χ4v) is 4.54. The number of amides is 1. The van der Waals surface area contributed by atoms with Gasteiger partial charge in [0, 0.05) is 6.42 Å². The number of thiazole rings is 1. The Morgan fingerprint density at radius 1 is 1.03 bits per heavy atom. The van der Waals surface area contributed by atoms with Crippen LogP contribution in [0.4, 0.5) is 5.13 Å². The number of rotatable bonds is 6. The Morgan fingerprint density at radius 3 is 2.32 bits per heavy atom. The van der Waals surface area contributed by atoms with Crippen molar-refractivity contribution < 1.29 is 9.53 Å². The summed E-state index contributed by atoms with van der Waals surface area (Å²) in [7, 11) is 0. The third-order valence-corrected chi connectivity index (χ3v) is 6.66. The van der Waals surface area contributed by atoms with E-state index in [2.05, 4.69) is 92.0 Å². The number of nitrogens with zero attached hydrogens (tertiary/aromatic N) is 1. The van der Waals surface area contributed by atoms with Gasteiger partial charge in [-0.05, 0) is 68.6 Å². The third kappa shape index (κ3) is 6.30. The minimum Gasteiger partial charge on any atom is -0.492 e. The molecule has 0 atom stereocenters. The van der Waals surface area contributed by atoms with E-state index in [1.165, 1.54) is 22.5 Å². The minimum absolute atomic E-state index is 0.0409. The maximum Gasteiger partial charge on any atom is 0.226 e. The summed E-state index contributed by atoms with van der Waals surface area (Å²) in [5, 5.41) is 3.57. The van der Waals surface area contributed by atoms with E-state index < -0.39 is 0 Å². The second-order valence-corrected chi connectivity index (χ2v) is 11.7. The lowest BCUT2D eigenvalue weighted by atomic mass is 9.87. The first-order chi connectivity index (χ1) is 14.4. The van der Waals surface area contributed by atoms with Crippen LogP contribution in [0.1, 0.15) is 65.5 Å². The number of ether oxygens (including phenoxy) is 1. The van der Waals surface area contributed by atoms with E-state index in [4.69, 9.17) is 4.74 Å². The van der Waals surface area contributed by atoms with Gasteiger partial charge in [-0.25, -0.2) is 4.98 Å². The summed E-state index contributed by atoms with van der Waals surface area (Å²) < 4.78 is 7.89. The number of aromatic nitrogens is 1. The summed E-state index contributed by atoms with van der Waals surface area (Å²) in [5.74, 6) is 0.759. The zero-order valence-electron chi connectivity index (χ0n) is 19.1. The van der Waals surface area contributed by atoms with Gasteiger partial charge in [0.25, 0.3) is 0 Å². The Morgan fingerprint density at radius 2 is 1.68 bits per heavy atom. The van der Waals surface area contributed by atoms with Crippen LogP contribution in [0.2, 0.25) is 0 Å². The summed E-state index contributed by atoms with van der Waals surface area (Å²) in [6.07, 6.45) is 1.03. The highest BCUT2D eigenvalue weighted by Crippen LogP contribution is 2.32. The highest BCUT2D eigenvalue weighted by Gasteiger charge is 2.17. The van der Waals surface area contributed by atoms with Crippen LogP contribution in [0.5, 0.6) is 5.75 Å². The lowest BCUT2D eigenvalue weighted by Crippen LogP contribution is -2.13. The van der Waals surface area contributed by atoms with E-state index in [1.807, 2.05) is 12.1 Å². The SMILES string of the molecule is CC(C)(C)c1ccc(OCCCC(=O)Nc2nc3ccc(C(C)(C)C)cc3s2)c(Br)c1. The van der Waals surface area contributed by atoms with E-state index in [1.54, 1.807) is 0 Å². The first-order valence-electron chi connectivity index (χ1n) is 10.6. The van der Waals surface area contributed by atoms with Crippen LogP contribution < -0.4 is 10.1 Å². The number of benzene rings is 2. The summed E-state index contributed by atoms with van der Waals surface area (Å²) in [6.45, 7) is 13.6. The van der Waals surface area contributed by atoms with Crippen LogP contribution in [0.3, 0.4) is 0 Å². The van der Waals surface area contributed by atoms with E-state index in [0.29, 0.717) is 24.6 Å². The van der Waals surface area contributed by atoms with Crippen molar-refractivity contribution in [3.05, 3.63) is 52.0 Å². The van der Waals surface area contributed by atoms with Gasteiger partial charge in [-0.3, -0.25) is 4.79 Å². The van der Waals surface area contributed by atoms with Crippen molar-refractivity contribution in [2.24, 2.45) is 0 Å². The highest BCUT2D eigenvalue weighted by atomic mass is 79.9. The standard InChI is InChI=1S/C25H31BrN2O2S/c1-24(2,3)16-10-12-20(18(26)14-16)30-13-7-8-22(29)28-23-27-19-11-9-17(25(4,5)6)15-21(19)31-23/h9-12,14-15H,7-8,13H2,1-6H3,(H,27,28,29). The second kappa shape index (κ2) is 9.29. The molecule has 1 aromatic heterocycles. The fourth-order valence-electron chi connectivity index (χ4n) is 3.13. The Labute approximate surface area is 197 Å². The molecule has 3 aromatic rings. The average molecular weight is 504 g/mol. The van der Waals surface area contributed by atoms with Gasteiger partial charge in [-0.2, -0.15) is 0 Å². The molecule has 4 nitrogen and oxygen atoms in total. The maximum absolute atomic E-state index is 12.3. The summed E-state index contributed by atoms with van der Waals surface area (Å²) in [5.41, 5.74) is 3.61. The first-order valence-corrected chi connectivity index (χ1v) is 12.2. The Kier molecular flexibility index (Phi) is 7.11. The summed E-state index contributed by atoms with van der Waals surface area (Å²) >= 11 is 5.10. The molecule has 3 rings (SSSR count). The molecule has 1 N–H and O–H groups in total. The van der Waals surface area contributed by atoms with Gasteiger partial charge < -0.3 is 10.1 Å². The van der Waals surface area contributed by atoms with Gasteiger partial charge in [0.1, 0.15) is 5.75 Å². The monoisotopic (exact) mass is 502 g/mol. The Hall–Kier alpha value is -1.92. The molecule has 0 fully saturated rings. The molecule has 6 heteroatoms. The molecule has 0 aliphatic heterocycles. The van der Waals surface area contributed by atoms with Gasteiger partial charge in [0.15, 0.2) is 5.13 Å². The van der Waals surface area contributed by atoms with Crippen molar-refractivity contribution in [2.45, 2.75) is 65.2 Å². The van der Waals surface area contributed by atoms with Crippen molar-refractivity contribution in [3.8, 4) is 5.75 Å². The quantitative estimate of drug-likeness (QED) is 0.356. The Bertz CT molecular complexity index is 1080. The van der Waals surface area contributed by atoms with Crippen LogP contribution in [-0.2, 0) is 15.6 Å². The number of hydrogen-bond acceptors (Lipinski definition) is 4. The minimum atomic E-state index is -0.0409. The number of hydrogen-bond donors (Lipinski definition) is 1. The van der Waals surface area contributed by atoms with Gasteiger partial charge in [-0.1, -0.05) is 65.0 Å². The molecular weight excluding hydrogens is 472 g/mol. The zero-order chi connectivity index (χ0) is 22.8. The van der Waals surface area contributed by atoms with Gasteiger partial charge in [-0.15, -0.1) is 0 Å². The number of anilines is 1. The maximum atomic E-state index is 12.3. The molecule has 0 saturated carbocycles. The third-order valence-electron chi connectivity index (χ3n) is 5.10. The smallest absolute Gasteiger partial charge is 0.226 e. The molecule has 166 valence electrons. The average Bonchev–Trinajstić information content (AvgIpc) is 3.06. The molecule has 0 radical (unpaired) electrons. The van der Waals surface area contributed by atoms with E-state index >= 15 is 0 Å². The van der Waals surface area contributed by atoms with Crippen LogP contribution >= 0.6 is 27.3 Å².